The van der Waals surface area contributed by atoms with Crippen molar-refractivity contribution in [2.75, 3.05) is 13.2 Å². The summed E-state index contributed by atoms with van der Waals surface area (Å²) in [5.74, 6) is -3.08. The molecule has 0 aliphatic rings. The number of rotatable bonds is 9. The maximum atomic E-state index is 12.7. The molecule has 0 aliphatic carbocycles. The van der Waals surface area contributed by atoms with Crippen LogP contribution in [-0.4, -0.2) is 36.1 Å². The molecule has 6 nitrogen and oxygen atoms in total. The van der Waals surface area contributed by atoms with E-state index in [1.54, 1.807) is 26.0 Å². The molecule has 0 spiro atoms. The zero-order chi connectivity index (χ0) is 20.4. The first-order chi connectivity index (χ1) is 13.6. The van der Waals surface area contributed by atoms with Crippen molar-refractivity contribution < 1.29 is 24.3 Å². The van der Waals surface area contributed by atoms with Gasteiger partial charge in [0, 0.05) is 12.3 Å². The molecule has 28 heavy (non-hydrogen) atoms. The van der Waals surface area contributed by atoms with Gasteiger partial charge in [0.1, 0.15) is 0 Å². The second kappa shape index (κ2) is 10.9. The van der Waals surface area contributed by atoms with Crippen LogP contribution in [0.25, 0.3) is 0 Å². The van der Waals surface area contributed by atoms with E-state index >= 15 is 0 Å². The van der Waals surface area contributed by atoms with Gasteiger partial charge in [0.15, 0.2) is 5.92 Å². The van der Waals surface area contributed by atoms with Crippen LogP contribution in [-0.2, 0) is 19.1 Å². The lowest BCUT2D eigenvalue weighted by molar-refractivity contribution is -0.162. The minimum Gasteiger partial charge on any atom is -0.465 e. The third-order valence-electron chi connectivity index (χ3n) is 4.35. The van der Waals surface area contributed by atoms with Gasteiger partial charge in [-0.05, 0) is 25.0 Å². The van der Waals surface area contributed by atoms with E-state index < -0.39 is 23.8 Å². The van der Waals surface area contributed by atoms with E-state index in [0.29, 0.717) is 11.3 Å². The molecule has 0 saturated carbocycles. The first-order valence-corrected chi connectivity index (χ1v) is 9.26. The SMILES string of the molecule is CCOC(=O)C(C(=O)OCC)C(C/C(=N/O)c1ccccc1)c1ccccc1. The van der Waals surface area contributed by atoms with Crippen LogP contribution in [0, 0.1) is 5.92 Å². The maximum Gasteiger partial charge on any atom is 0.320 e. The zero-order valence-corrected chi connectivity index (χ0v) is 16.1. The molecule has 0 heterocycles. The number of hydrogen-bond donors (Lipinski definition) is 1. The first kappa shape index (κ1) is 21.2. The highest BCUT2D eigenvalue weighted by Crippen LogP contribution is 2.32. The highest BCUT2D eigenvalue weighted by atomic mass is 16.6. The summed E-state index contributed by atoms with van der Waals surface area (Å²) >= 11 is 0. The molecule has 2 aromatic rings. The van der Waals surface area contributed by atoms with E-state index in [0.717, 1.165) is 5.56 Å². The minimum absolute atomic E-state index is 0.149. The van der Waals surface area contributed by atoms with Crippen molar-refractivity contribution in [3.8, 4) is 0 Å². The Balaban J connectivity index is 2.47. The Hall–Kier alpha value is -3.15. The van der Waals surface area contributed by atoms with Crippen molar-refractivity contribution in [3.63, 3.8) is 0 Å². The molecule has 148 valence electrons. The van der Waals surface area contributed by atoms with E-state index in [-0.39, 0.29) is 19.6 Å². The summed E-state index contributed by atoms with van der Waals surface area (Å²) in [6.07, 6.45) is 0.160. The number of ether oxygens (including phenoxy) is 2. The van der Waals surface area contributed by atoms with Gasteiger partial charge in [0.2, 0.25) is 0 Å². The molecule has 0 aliphatic heterocycles. The van der Waals surface area contributed by atoms with Crippen LogP contribution in [0.1, 0.15) is 37.3 Å². The maximum absolute atomic E-state index is 12.7. The predicted octanol–water partition coefficient (Wildman–Crippen LogP) is 3.78. The minimum atomic E-state index is -1.16. The standard InChI is InChI=1S/C22H25NO5/c1-3-27-21(24)20(22(25)28-4-2)18(16-11-7-5-8-12-16)15-19(23-26)17-13-9-6-10-14-17/h5-14,18,20,26H,3-4,15H2,1-2H3/b23-19-. The van der Waals surface area contributed by atoms with Gasteiger partial charge in [-0.1, -0.05) is 65.8 Å². The summed E-state index contributed by atoms with van der Waals surface area (Å²) in [7, 11) is 0. The van der Waals surface area contributed by atoms with Crippen LogP contribution >= 0.6 is 0 Å². The molecular formula is C22H25NO5. The summed E-state index contributed by atoms with van der Waals surface area (Å²) in [6, 6.07) is 18.3. The lowest BCUT2D eigenvalue weighted by Crippen LogP contribution is -2.34. The fraction of sp³-hybridized carbons (Fsp3) is 0.318. The Kier molecular flexibility index (Phi) is 8.21. The van der Waals surface area contributed by atoms with Crippen LogP contribution in [0.5, 0.6) is 0 Å². The number of carbonyl (C=O) groups is 2. The van der Waals surface area contributed by atoms with Gasteiger partial charge in [0.25, 0.3) is 0 Å². The van der Waals surface area contributed by atoms with Crippen molar-refractivity contribution in [2.45, 2.75) is 26.2 Å². The highest BCUT2D eigenvalue weighted by Gasteiger charge is 2.39. The summed E-state index contributed by atoms with van der Waals surface area (Å²) in [6.45, 7) is 3.66. The summed E-state index contributed by atoms with van der Waals surface area (Å²) in [4.78, 5) is 25.3. The number of carbonyl (C=O) groups excluding carboxylic acids is 2. The Labute approximate surface area is 164 Å². The van der Waals surface area contributed by atoms with Gasteiger partial charge in [-0.2, -0.15) is 0 Å². The average molecular weight is 383 g/mol. The predicted molar refractivity (Wildman–Crippen MR) is 105 cm³/mol. The molecule has 6 heteroatoms. The van der Waals surface area contributed by atoms with Gasteiger partial charge in [-0.3, -0.25) is 9.59 Å². The van der Waals surface area contributed by atoms with Crippen molar-refractivity contribution in [1.29, 1.82) is 0 Å². The van der Waals surface area contributed by atoms with Crippen LogP contribution in [0.3, 0.4) is 0 Å². The van der Waals surface area contributed by atoms with Crippen molar-refractivity contribution in [2.24, 2.45) is 11.1 Å². The Morgan fingerprint density at radius 2 is 1.39 bits per heavy atom. The van der Waals surface area contributed by atoms with E-state index in [9.17, 15) is 14.8 Å². The average Bonchev–Trinajstić information content (AvgIpc) is 2.72. The number of benzene rings is 2. The smallest absolute Gasteiger partial charge is 0.320 e. The molecule has 0 saturated heterocycles. The highest BCUT2D eigenvalue weighted by molar-refractivity contribution is 6.02. The summed E-state index contributed by atoms with van der Waals surface area (Å²) in [5.41, 5.74) is 1.83. The van der Waals surface area contributed by atoms with Gasteiger partial charge in [0.05, 0.1) is 18.9 Å². The number of hydrogen-bond acceptors (Lipinski definition) is 6. The number of nitrogens with zero attached hydrogens (tertiary/aromatic N) is 1. The van der Waals surface area contributed by atoms with E-state index in [4.69, 9.17) is 9.47 Å². The molecule has 1 N–H and O–H groups in total. The summed E-state index contributed by atoms with van der Waals surface area (Å²) in [5, 5.41) is 13.0. The third-order valence-corrected chi connectivity index (χ3v) is 4.35. The largest absolute Gasteiger partial charge is 0.465 e. The molecule has 0 fully saturated rings. The van der Waals surface area contributed by atoms with Gasteiger partial charge >= 0.3 is 11.9 Å². The molecule has 0 bridgehead atoms. The number of oxime groups is 1. The topological polar surface area (TPSA) is 85.2 Å². The molecule has 0 aromatic heterocycles. The molecule has 1 unspecified atom stereocenters. The van der Waals surface area contributed by atoms with E-state index in [1.165, 1.54) is 0 Å². The fourth-order valence-corrected chi connectivity index (χ4v) is 3.07. The van der Waals surface area contributed by atoms with Crippen molar-refractivity contribution in [1.82, 2.24) is 0 Å². The molecular weight excluding hydrogens is 358 g/mol. The third kappa shape index (κ3) is 5.42. The van der Waals surface area contributed by atoms with E-state index in [1.807, 2.05) is 48.5 Å². The molecule has 2 rings (SSSR count). The van der Waals surface area contributed by atoms with Gasteiger partial charge in [-0.15, -0.1) is 0 Å². The lowest BCUT2D eigenvalue weighted by Gasteiger charge is -2.25. The van der Waals surface area contributed by atoms with Crippen LogP contribution in [0.2, 0.25) is 0 Å². The second-order valence-corrected chi connectivity index (χ2v) is 6.12. The first-order valence-electron chi connectivity index (χ1n) is 9.26. The quantitative estimate of drug-likeness (QED) is 0.234. The fourth-order valence-electron chi connectivity index (χ4n) is 3.07. The van der Waals surface area contributed by atoms with Crippen molar-refractivity contribution >= 4 is 17.7 Å². The van der Waals surface area contributed by atoms with Crippen LogP contribution < -0.4 is 0 Å². The molecule has 2 aromatic carbocycles. The molecule has 0 amide bonds. The monoisotopic (exact) mass is 383 g/mol. The lowest BCUT2D eigenvalue weighted by atomic mass is 9.81. The van der Waals surface area contributed by atoms with Gasteiger partial charge < -0.3 is 14.7 Å². The zero-order valence-electron chi connectivity index (χ0n) is 16.1. The Morgan fingerprint density at radius 1 is 0.893 bits per heavy atom. The summed E-state index contributed by atoms with van der Waals surface area (Å²) < 4.78 is 10.3. The molecule has 1 atom stereocenters. The second-order valence-electron chi connectivity index (χ2n) is 6.12. The Bertz CT molecular complexity index is 771. The van der Waals surface area contributed by atoms with Crippen LogP contribution in [0.15, 0.2) is 65.8 Å². The van der Waals surface area contributed by atoms with Gasteiger partial charge in [-0.25, -0.2) is 0 Å². The Morgan fingerprint density at radius 3 is 1.86 bits per heavy atom. The normalized spacial score (nSPS) is 12.5. The van der Waals surface area contributed by atoms with Crippen molar-refractivity contribution in [3.05, 3.63) is 71.8 Å². The molecule has 0 radical (unpaired) electrons. The van der Waals surface area contributed by atoms with Crippen LogP contribution in [0.4, 0.5) is 0 Å². The van der Waals surface area contributed by atoms with E-state index in [2.05, 4.69) is 5.16 Å². The number of esters is 2.